The van der Waals surface area contributed by atoms with Gasteiger partial charge in [-0.25, -0.2) is 0 Å². The minimum absolute atomic E-state index is 0. The lowest BCUT2D eigenvalue weighted by Crippen LogP contribution is -2.46. The van der Waals surface area contributed by atoms with Gasteiger partial charge in [-0.3, -0.25) is 9.69 Å². The Morgan fingerprint density at radius 3 is 2.56 bits per heavy atom. The molecule has 0 unspecified atom stereocenters. The number of benzene rings is 1. The summed E-state index contributed by atoms with van der Waals surface area (Å²) in [5.74, 6) is 1.14. The molecule has 25 heavy (non-hydrogen) atoms. The van der Waals surface area contributed by atoms with Crippen LogP contribution in [0.4, 0.5) is 0 Å². The minimum Gasteiger partial charge on any atom is -0.340 e. The number of rotatable bonds is 7. The smallest absolute Gasteiger partial charge is 0.236 e. The van der Waals surface area contributed by atoms with Crippen LogP contribution in [0.3, 0.4) is 0 Å². The van der Waals surface area contributed by atoms with E-state index in [1.165, 1.54) is 19.4 Å². The Hall–Kier alpha value is -0.620. The summed E-state index contributed by atoms with van der Waals surface area (Å²) in [6.07, 6.45) is 5.14. The first kappa shape index (κ1) is 20.7. The maximum Gasteiger partial charge on any atom is 0.236 e. The molecule has 0 radical (unpaired) electrons. The molecule has 1 aliphatic heterocycles. The highest BCUT2D eigenvalue weighted by atomic mass is 79.9. The van der Waals surface area contributed by atoms with Crippen LogP contribution in [0.15, 0.2) is 28.7 Å². The lowest BCUT2D eigenvalue weighted by Gasteiger charge is -2.33. The van der Waals surface area contributed by atoms with Gasteiger partial charge >= 0.3 is 0 Å². The second-order valence-corrected chi connectivity index (χ2v) is 8.10. The summed E-state index contributed by atoms with van der Waals surface area (Å²) in [5, 5.41) is 3.69. The van der Waals surface area contributed by atoms with E-state index in [2.05, 4.69) is 32.2 Å². The lowest BCUT2D eigenvalue weighted by atomic mass is 10.0. The Morgan fingerprint density at radius 2 is 1.92 bits per heavy atom. The summed E-state index contributed by atoms with van der Waals surface area (Å²) < 4.78 is 1.06. The first-order chi connectivity index (χ1) is 11.6. The topological polar surface area (TPSA) is 35.6 Å². The normalized spacial score (nSPS) is 18.6. The van der Waals surface area contributed by atoms with E-state index < -0.39 is 0 Å². The summed E-state index contributed by atoms with van der Waals surface area (Å²) in [7, 11) is 1.89. The lowest BCUT2D eigenvalue weighted by molar-refractivity contribution is -0.131. The third kappa shape index (κ3) is 6.55. The molecule has 1 aliphatic carbocycles. The van der Waals surface area contributed by atoms with Gasteiger partial charge in [-0.1, -0.05) is 34.1 Å². The van der Waals surface area contributed by atoms with Crippen LogP contribution in [0.1, 0.15) is 31.2 Å². The largest absolute Gasteiger partial charge is 0.340 e. The van der Waals surface area contributed by atoms with Crippen LogP contribution < -0.4 is 5.32 Å². The van der Waals surface area contributed by atoms with Crippen molar-refractivity contribution in [3.05, 3.63) is 34.3 Å². The van der Waals surface area contributed by atoms with Crippen LogP contribution >= 0.6 is 28.3 Å². The molecule has 4 nitrogen and oxygen atoms in total. The highest BCUT2D eigenvalue weighted by Crippen LogP contribution is 2.28. The van der Waals surface area contributed by atoms with Crippen LogP contribution in [0.2, 0.25) is 0 Å². The number of amides is 1. The minimum atomic E-state index is 0. The summed E-state index contributed by atoms with van der Waals surface area (Å²) in [6, 6.07) is 8.74. The standard InChI is InChI=1S/C19H28BrN3O.ClH/c1-22(13-16-4-2-3-5-18(16)20)19(24)14-23-10-8-17(9-11-23)21-12-15-6-7-15;/h2-5,15,17,21H,6-14H2,1H3;1H. The van der Waals surface area contributed by atoms with E-state index in [-0.39, 0.29) is 18.3 Å². The van der Waals surface area contributed by atoms with Crippen molar-refractivity contribution >= 4 is 34.2 Å². The number of halogens is 2. The molecule has 1 saturated carbocycles. The number of nitrogens with zero attached hydrogens (tertiary/aromatic N) is 2. The third-order valence-corrected chi connectivity index (χ3v) is 5.90. The van der Waals surface area contributed by atoms with Gasteiger partial charge in [0, 0.05) is 37.2 Å². The van der Waals surface area contributed by atoms with Gasteiger partial charge in [0.2, 0.25) is 5.91 Å². The van der Waals surface area contributed by atoms with Gasteiger partial charge in [0.1, 0.15) is 0 Å². The third-order valence-electron chi connectivity index (χ3n) is 5.13. The second-order valence-electron chi connectivity index (χ2n) is 7.24. The first-order valence-corrected chi connectivity index (χ1v) is 9.84. The molecule has 6 heteroatoms. The Kier molecular flexibility index (Phi) is 8.20. The Balaban J connectivity index is 0.00000225. The van der Waals surface area contributed by atoms with E-state index in [1.54, 1.807) is 0 Å². The van der Waals surface area contributed by atoms with Crippen molar-refractivity contribution in [3.8, 4) is 0 Å². The number of carbonyl (C=O) groups is 1. The molecule has 1 saturated heterocycles. The van der Waals surface area contributed by atoms with Crippen molar-refractivity contribution < 1.29 is 4.79 Å². The van der Waals surface area contributed by atoms with Crippen molar-refractivity contribution in [2.45, 2.75) is 38.3 Å². The zero-order valence-corrected chi connectivity index (χ0v) is 17.3. The van der Waals surface area contributed by atoms with Gasteiger partial charge < -0.3 is 10.2 Å². The van der Waals surface area contributed by atoms with Gasteiger partial charge in [-0.15, -0.1) is 12.4 Å². The quantitative estimate of drug-likeness (QED) is 0.721. The highest BCUT2D eigenvalue weighted by molar-refractivity contribution is 9.10. The molecule has 1 aromatic carbocycles. The monoisotopic (exact) mass is 429 g/mol. The van der Waals surface area contributed by atoms with Crippen molar-refractivity contribution in [2.75, 3.05) is 33.2 Å². The SMILES string of the molecule is CN(Cc1ccccc1Br)C(=O)CN1CCC(NCC2CC2)CC1.Cl. The molecular formula is C19H29BrClN3O. The fourth-order valence-electron chi connectivity index (χ4n) is 3.23. The maximum atomic E-state index is 12.5. The molecule has 0 bridgehead atoms. The van der Waals surface area contributed by atoms with E-state index in [1.807, 2.05) is 30.1 Å². The Bertz CT molecular complexity index is 559. The van der Waals surface area contributed by atoms with Gasteiger partial charge in [-0.05, 0) is 49.8 Å². The van der Waals surface area contributed by atoms with E-state index in [0.717, 1.165) is 41.9 Å². The predicted molar refractivity (Wildman–Crippen MR) is 108 cm³/mol. The van der Waals surface area contributed by atoms with Crippen molar-refractivity contribution in [2.24, 2.45) is 5.92 Å². The van der Waals surface area contributed by atoms with Crippen LogP contribution in [-0.4, -0.2) is 55.0 Å². The van der Waals surface area contributed by atoms with Crippen LogP contribution in [0.5, 0.6) is 0 Å². The van der Waals surface area contributed by atoms with Crippen molar-refractivity contribution in [3.63, 3.8) is 0 Å². The molecule has 2 aliphatic rings. The number of likely N-dealkylation sites (tertiary alicyclic amines) is 1. The molecule has 0 spiro atoms. The van der Waals surface area contributed by atoms with E-state index >= 15 is 0 Å². The highest BCUT2D eigenvalue weighted by Gasteiger charge is 2.25. The summed E-state index contributed by atoms with van der Waals surface area (Å²) in [5.41, 5.74) is 1.15. The molecule has 140 valence electrons. The molecular weight excluding hydrogens is 402 g/mol. The number of likely N-dealkylation sites (N-methyl/N-ethyl adjacent to an activating group) is 1. The number of hydrogen-bond acceptors (Lipinski definition) is 3. The molecule has 3 rings (SSSR count). The summed E-state index contributed by atoms with van der Waals surface area (Å²) >= 11 is 3.55. The zero-order valence-electron chi connectivity index (χ0n) is 14.9. The van der Waals surface area contributed by atoms with E-state index in [4.69, 9.17) is 0 Å². The van der Waals surface area contributed by atoms with E-state index in [0.29, 0.717) is 19.1 Å². The fourth-order valence-corrected chi connectivity index (χ4v) is 3.64. The molecule has 1 amide bonds. The average molecular weight is 431 g/mol. The average Bonchev–Trinajstić information content (AvgIpc) is 3.40. The number of nitrogens with one attached hydrogen (secondary N) is 1. The summed E-state index contributed by atoms with van der Waals surface area (Å²) in [4.78, 5) is 16.6. The number of hydrogen-bond donors (Lipinski definition) is 1. The van der Waals surface area contributed by atoms with Gasteiger partial charge in [0.05, 0.1) is 6.54 Å². The summed E-state index contributed by atoms with van der Waals surface area (Å²) in [6.45, 7) is 4.43. The Morgan fingerprint density at radius 1 is 1.24 bits per heavy atom. The van der Waals surface area contributed by atoms with Crippen molar-refractivity contribution in [1.29, 1.82) is 0 Å². The molecule has 1 N–H and O–H groups in total. The van der Waals surface area contributed by atoms with Crippen LogP contribution in [-0.2, 0) is 11.3 Å². The van der Waals surface area contributed by atoms with E-state index in [9.17, 15) is 4.79 Å². The van der Waals surface area contributed by atoms with Crippen molar-refractivity contribution in [1.82, 2.24) is 15.1 Å². The second kappa shape index (κ2) is 9.91. The first-order valence-electron chi connectivity index (χ1n) is 9.05. The zero-order chi connectivity index (χ0) is 16.9. The molecule has 1 aromatic rings. The number of piperidine rings is 1. The molecule has 0 atom stereocenters. The Labute approximate surface area is 165 Å². The molecule has 0 aromatic heterocycles. The van der Waals surface area contributed by atoms with Gasteiger partial charge in [0.25, 0.3) is 0 Å². The predicted octanol–water partition coefficient (Wildman–Crippen LogP) is 3.29. The molecule has 1 heterocycles. The van der Waals surface area contributed by atoms with Gasteiger partial charge in [0.15, 0.2) is 0 Å². The van der Waals surface area contributed by atoms with Crippen LogP contribution in [0.25, 0.3) is 0 Å². The van der Waals surface area contributed by atoms with Gasteiger partial charge in [-0.2, -0.15) is 0 Å². The molecule has 2 fully saturated rings. The van der Waals surface area contributed by atoms with Crippen LogP contribution in [0, 0.1) is 5.92 Å². The fraction of sp³-hybridized carbons (Fsp3) is 0.632. The maximum absolute atomic E-state index is 12.5. The number of carbonyl (C=O) groups excluding carboxylic acids is 1.